The number of hydrogen-bond donors (Lipinski definition) is 0. The van der Waals surface area contributed by atoms with Gasteiger partial charge in [0.1, 0.15) is 0 Å². The molecule has 1 saturated heterocycles. The van der Waals surface area contributed by atoms with Gasteiger partial charge < -0.3 is 9.64 Å². The van der Waals surface area contributed by atoms with E-state index in [-0.39, 0.29) is 11.7 Å². The van der Waals surface area contributed by atoms with Gasteiger partial charge in [0, 0.05) is 45.2 Å². The van der Waals surface area contributed by atoms with Gasteiger partial charge in [0.2, 0.25) is 5.91 Å². The zero-order chi connectivity index (χ0) is 15.1. The SMILES string of the molecule is COCC1CCN(C(=O)CCC(=O)c2ccccc2)CC1. The van der Waals surface area contributed by atoms with Crippen molar-refractivity contribution in [2.24, 2.45) is 5.92 Å². The second-order valence-electron chi connectivity index (χ2n) is 5.57. The fraction of sp³-hybridized carbons (Fsp3) is 0.529. The highest BCUT2D eigenvalue weighted by atomic mass is 16.5. The third-order valence-electron chi connectivity index (χ3n) is 4.03. The van der Waals surface area contributed by atoms with E-state index in [1.165, 1.54) is 0 Å². The van der Waals surface area contributed by atoms with E-state index >= 15 is 0 Å². The molecule has 1 heterocycles. The zero-order valence-electron chi connectivity index (χ0n) is 12.6. The van der Waals surface area contributed by atoms with Crippen LogP contribution in [0.5, 0.6) is 0 Å². The number of benzene rings is 1. The molecule has 1 aromatic rings. The van der Waals surface area contributed by atoms with Gasteiger partial charge in [-0.3, -0.25) is 9.59 Å². The van der Waals surface area contributed by atoms with Gasteiger partial charge in [-0.05, 0) is 18.8 Å². The quantitative estimate of drug-likeness (QED) is 0.756. The van der Waals surface area contributed by atoms with Crippen LogP contribution in [0, 0.1) is 5.92 Å². The Balaban J connectivity index is 1.74. The summed E-state index contributed by atoms with van der Waals surface area (Å²) in [5.41, 5.74) is 0.684. The number of ether oxygens (including phenoxy) is 1. The molecule has 0 N–H and O–H groups in total. The summed E-state index contributed by atoms with van der Waals surface area (Å²) in [5.74, 6) is 0.693. The molecule has 0 radical (unpaired) electrons. The molecule has 2 rings (SSSR count). The molecule has 21 heavy (non-hydrogen) atoms. The fourth-order valence-electron chi connectivity index (χ4n) is 2.73. The first-order chi connectivity index (χ1) is 10.2. The Kier molecular flexibility index (Phi) is 5.93. The first-order valence-electron chi connectivity index (χ1n) is 7.55. The molecule has 0 saturated carbocycles. The van der Waals surface area contributed by atoms with Crippen LogP contribution in [0.2, 0.25) is 0 Å². The Labute approximate surface area is 126 Å². The molecule has 4 heteroatoms. The molecule has 4 nitrogen and oxygen atoms in total. The van der Waals surface area contributed by atoms with E-state index in [2.05, 4.69) is 0 Å². The second-order valence-corrected chi connectivity index (χ2v) is 5.57. The van der Waals surface area contributed by atoms with E-state index in [1.807, 2.05) is 23.1 Å². The Hall–Kier alpha value is -1.68. The number of hydrogen-bond acceptors (Lipinski definition) is 3. The van der Waals surface area contributed by atoms with E-state index in [9.17, 15) is 9.59 Å². The van der Waals surface area contributed by atoms with Crippen molar-refractivity contribution in [2.45, 2.75) is 25.7 Å². The van der Waals surface area contributed by atoms with Crippen molar-refractivity contribution in [3.05, 3.63) is 35.9 Å². The maximum atomic E-state index is 12.1. The molecule has 0 bridgehead atoms. The summed E-state index contributed by atoms with van der Waals surface area (Å²) < 4.78 is 5.16. The summed E-state index contributed by atoms with van der Waals surface area (Å²) in [4.78, 5) is 26.0. The summed E-state index contributed by atoms with van der Waals surface area (Å²) in [5, 5.41) is 0. The van der Waals surface area contributed by atoms with E-state index in [0.717, 1.165) is 32.5 Å². The number of nitrogens with zero attached hydrogens (tertiary/aromatic N) is 1. The molecule has 1 amide bonds. The van der Waals surface area contributed by atoms with Crippen LogP contribution in [0.3, 0.4) is 0 Å². The maximum Gasteiger partial charge on any atom is 0.223 e. The molecule has 1 aliphatic rings. The summed E-state index contributed by atoms with van der Waals surface area (Å²) >= 11 is 0. The van der Waals surface area contributed by atoms with Gasteiger partial charge in [0.25, 0.3) is 0 Å². The third kappa shape index (κ3) is 4.67. The zero-order valence-corrected chi connectivity index (χ0v) is 12.6. The van der Waals surface area contributed by atoms with Crippen LogP contribution in [0.15, 0.2) is 30.3 Å². The van der Waals surface area contributed by atoms with Gasteiger partial charge in [0.15, 0.2) is 5.78 Å². The van der Waals surface area contributed by atoms with Gasteiger partial charge in [-0.25, -0.2) is 0 Å². The lowest BCUT2D eigenvalue weighted by Gasteiger charge is -2.31. The van der Waals surface area contributed by atoms with Crippen molar-refractivity contribution in [2.75, 3.05) is 26.8 Å². The number of likely N-dealkylation sites (tertiary alicyclic amines) is 1. The highest BCUT2D eigenvalue weighted by Crippen LogP contribution is 2.18. The van der Waals surface area contributed by atoms with Gasteiger partial charge in [-0.1, -0.05) is 30.3 Å². The number of methoxy groups -OCH3 is 1. The van der Waals surface area contributed by atoms with Gasteiger partial charge >= 0.3 is 0 Å². The molecule has 0 atom stereocenters. The predicted octanol–water partition coefficient (Wildman–Crippen LogP) is 2.53. The van der Waals surface area contributed by atoms with E-state index in [4.69, 9.17) is 4.74 Å². The normalized spacial score (nSPS) is 16.0. The standard InChI is InChI=1S/C17H23NO3/c1-21-13-14-9-11-18(12-10-14)17(20)8-7-16(19)15-5-3-2-4-6-15/h2-6,14H,7-13H2,1H3. The van der Waals surface area contributed by atoms with Crippen LogP contribution in [0.1, 0.15) is 36.0 Å². The molecule has 1 fully saturated rings. The Morgan fingerprint density at radius 2 is 1.81 bits per heavy atom. The molecule has 0 unspecified atom stereocenters. The second kappa shape index (κ2) is 7.93. The monoisotopic (exact) mass is 289 g/mol. The molecule has 0 aromatic heterocycles. The Bertz CT molecular complexity index is 464. The topological polar surface area (TPSA) is 46.6 Å². The average molecular weight is 289 g/mol. The van der Waals surface area contributed by atoms with Crippen molar-refractivity contribution >= 4 is 11.7 Å². The van der Waals surface area contributed by atoms with Crippen LogP contribution >= 0.6 is 0 Å². The smallest absolute Gasteiger partial charge is 0.223 e. The van der Waals surface area contributed by atoms with Gasteiger partial charge in [-0.2, -0.15) is 0 Å². The lowest BCUT2D eigenvalue weighted by molar-refractivity contribution is -0.132. The van der Waals surface area contributed by atoms with Crippen LogP contribution < -0.4 is 0 Å². The number of piperidine rings is 1. The first kappa shape index (κ1) is 15.7. The minimum absolute atomic E-state index is 0.0400. The lowest BCUT2D eigenvalue weighted by atomic mass is 9.97. The van der Waals surface area contributed by atoms with Crippen molar-refractivity contribution in [1.82, 2.24) is 4.90 Å². The van der Waals surface area contributed by atoms with E-state index < -0.39 is 0 Å². The van der Waals surface area contributed by atoms with Gasteiger partial charge in [0.05, 0.1) is 0 Å². The summed E-state index contributed by atoms with van der Waals surface area (Å²) in [6.45, 7) is 2.34. The third-order valence-corrected chi connectivity index (χ3v) is 4.03. The van der Waals surface area contributed by atoms with Gasteiger partial charge in [-0.15, -0.1) is 0 Å². The lowest BCUT2D eigenvalue weighted by Crippen LogP contribution is -2.39. The number of rotatable bonds is 6. The molecular formula is C17H23NO3. The van der Waals surface area contributed by atoms with E-state index in [1.54, 1.807) is 19.2 Å². The Morgan fingerprint density at radius 1 is 1.14 bits per heavy atom. The molecule has 0 spiro atoms. The average Bonchev–Trinajstić information content (AvgIpc) is 2.54. The van der Waals surface area contributed by atoms with Crippen molar-refractivity contribution in [3.63, 3.8) is 0 Å². The van der Waals surface area contributed by atoms with Crippen LogP contribution in [-0.4, -0.2) is 43.4 Å². The predicted molar refractivity (Wildman–Crippen MR) is 81.2 cm³/mol. The highest BCUT2D eigenvalue weighted by Gasteiger charge is 2.22. The molecule has 1 aromatic carbocycles. The van der Waals surface area contributed by atoms with Crippen molar-refractivity contribution in [1.29, 1.82) is 0 Å². The molecule has 0 aliphatic carbocycles. The summed E-state index contributed by atoms with van der Waals surface area (Å²) in [6, 6.07) is 9.16. The molecule has 114 valence electrons. The largest absolute Gasteiger partial charge is 0.384 e. The minimum atomic E-state index is 0.0400. The van der Waals surface area contributed by atoms with E-state index in [0.29, 0.717) is 24.3 Å². The van der Waals surface area contributed by atoms with Crippen LogP contribution in [0.4, 0.5) is 0 Å². The number of amides is 1. The number of carbonyl (C=O) groups excluding carboxylic acids is 2. The number of Topliss-reactive ketones (excluding diaryl/α,β-unsaturated/α-hetero) is 1. The summed E-state index contributed by atoms with van der Waals surface area (Å²) in [7, 11) is 1.72. The fourth-order valence-corrected chi connectivity index (χ4v) is 2.73. The number of ketones is 1. The maximum absolute atomic E-state index is 12.1. The highest BCUT2D eigenvalue weighted by molar-refractivity contribution is 5.97. The summed E-state index contributed by atoms with van der Waals surface area (Å²) in [6.07, 6.45) is 2.59. The Morgan fingerprint density at radius 3 is 2.43 bits per heavy atom. The van der Waals surface area contributed by atoms with Crippen LogP contribution in [-0.2, 0) is 9.53 Å². The number of carbonyl (C=O) groups is 2. The molecule has 1 aliphatic heterocycles. The van der Waals surface area contributed by atoms with Crippen LogP contribution in [0.25, 0.3) is 0 Å². The minimum Gasteiger partial charge on any atom is -0.384 e. The molecular weight excluding hydrogens is 266 g/mol. The first-order valence-corrected chi connectivity index (χ1v) is 7.55. The van der Waals surface area contributed by atoms with Crippen molar-refractivity contribution < 1.29 is 14.3 Å². The van der Waals surface area contributed by atoms with Crippen molar-refractivity contribution in [3.8, 4) is 0 Å².